The van der Waals surface area contributed by atoms with E-state index in [-0.39, 0.29) is 0 Å². The van der Waals surface area contributed by atoms with Crippen molar-refractivity contribution in [2.24, 2.45) is 11.7 Å². The lowest BCUT2D eigenvalue weighted by Crippen LogP contribution is -2.01. The van der Waals surface area contributed by atoms with Crippen LogP contribution < -0.4 is 5.73 Å². The van der Waals surface area contributed by atoms with Gasteiger partial charge < -0.3 is 5.73 Å². The predicted octanol–water partition coefficient (Wildman–Crippen LogP) is 3.12. The molecule has 14 heavy (non-hydrogen) atoms. The molecule has 0 atom stereocenters. The normalized spacial score (nSPS) is 10.9. The first-order valence-electron chi connectivity index (χ1n) is 5.51. The van der Waals surface area contributed by atoms with Gasteiger partial charge in [-0.1, -0.05) is 44.5 Å². The van der Waals surface area contributed by atoms with E-state index in [1.165, 1.54) is 30.4 Å². The van der Waals surface area contributed by atoms with Gasteiger partial charge in [0.05, 0.1) is 0 Å². The highest BCUT2D eigenvalue weighted by atomic mass is 14.5. The van der Waals surface area contributed by atoms with Crippen LogP contribution in [0.4, 0.5) is 0 Å². The van der Waals surface area contributed by atoms with E-state index in [0.717, 1.165) is 5.92 Å². The van der Waals surface area contributed by atoms with Crippen LogP contribution in [-0.2, 0) is 13.0 Å². The molecule has 0 radical (unpaired) electrons. The Morgan fingerprint density at radius 1 is 1.14 bits per heavy atom. The number of benzene rings is 1. The highest BCUT2D eigenvalue weighted by molar-refractivity contribution is 5.26. The molecule has 0 saturated heterocycles. The first kappa shape index (κ1) is 11.3. The van der Waals surface area contributed by atoms with E-state index in [4.69, 9.17) is 5.73 Å². The van der Waals surface area contributed by atoms with Gasteiger partial charge in [0.15, 0.2) is 0 Å². The van der Waals surface area contributed by atoms with Gasteiger partial charge in [-0.2, -0.15) is 0 Å². The van der Waals surface area contributed by atoms with Crippen LogP contribution >= 0.6 is 0 Å². The summed E-state index contributed by atoms with van der Waals surface area (Å²) in [7, 11) is 0. The van der Waals surface area contributed by atoms with Gasteiger partial charge in [0.25, 0.3) is 0 Å². The lowest BCUT2D eigenvalue weighted by molar-refractivity contribution is 0.555. The highest BCUT2D eigenvalue weighted by Gasteiger charge is 2.00. The topological polar surface area (TPSA) is 26.0 Å². The Bertz CT molecular complexity index is 266. The van der Waals surface area contributed by atoms with Crippen molar-refractivity contribution in [1.29, 1.82) is 0 Å². The second-order valence-electron chi connectivity index (χ2n) is 4.26. The summed E-state index contributed by atoms with van der Waals surface area (Å²) < 4.78 is 0. The third-order valence-electron chi connectivity index (χ3n) is 2.57. The summed E-state index contributed by atoms with van der Waals surface area (Å²) in [4.78, 5) is 0. The van der Waals surface area contributed by atoms with Crippen LogP contribution in [0.1, 0.15) is 37.8 Å². The Labute approximate surface area is 87.3 Å². The van der Waals surface area contributed by atoms with Crippen molar-refractivity contribution in [3.8, 4) is 0 Å². The Balaban J connectivity index is 2.49. The van der Waals surface area contributed by atoms with Gasteiger partial charge in [-0.3, -0.25) is 0 Å². The molecule has 1 rings (SSSR count). The van der Waals surface area contributed by atoms with Gasteiger partial charge in [0.1, 0.15) is 0 Å². The molecule has 1 nitrogen and oxygen atoms in total. The van der Waals surface area contributed by atoms with Crippen molar-refractivity contribution < 1.29 is 0 Å². The fourth-order valence-electron chi connectivity index (χ4n) is 1.70. The minimum atomic E-state index is 0.665. The molecule has 0 amide bonds. The molecule has 2 N–H and O–H groups in total. The number of rotatable bonds is 5. The summed E-state index contributed by atoms with van der Waals surface area (Å²) in [6.45, 7) is 5.21. The van der Waals surface area contributed by atoms with E-state index in [2.05, 4.69) is 38.1 Å². The summed E-state index contributed by atoms with van der Waals surface area (Å²) >= 11 is 0. The minimum Gasteiger partial charge on any atom is -0.326 e. The molecule has 1 aromatic rings. The summed E-state index contributed by atoms with van der Waals surface area (Å²) in [5.74, 6) is 0.806. The molecule has 78 valence electrons. The molecule has 0 aromatic heterocycles. The van der Waals surface area contributed by atoms with Gasteiger partial charge in [-0.25, -0.2) is 0 Å². The molecular formula is C13H21N. The molecule has 0 aliphatic carbocycles. The van der Waals surface area contributed by atoms with Crippen molar-refractivity contribution in [3.63, 3.8) is 0 Å². The largest absolute Gasteiger partial charge is 0.326 e. The van der Waals surface area contributed by atoms with E-state index in [9.17, 15) is 0 Å². The maximum atomic E-state index is 5.68. The van der Waals surface area contributed by atoms with E-state index >= 15 is 0 Å². The predicted molar refractivity (Wildman–Crippen MR) is 62.1 cm³/mol. The summed E-state index contributed by atoms with van der Waals surface area (Å²) in [6, 6.07) is 8.49. The summed E-state index contributed by atoms with van der Waals surface area (Å²) in [5.41, 5.74) is 8.41. The zero-order valence-corrected chi connectivity index (χ0v) is 9.29. The monoisotopic (exact) mass is 191 g/mol. The van der Waals surface area contributed by atoms with Crippen LogP contribution in [0.3, 0.4) is 0 Å². The first-order chi connectivity index (χ1) is 6.74. The smallest absolute Gasteiger partial charge is 0.0180 e. The molecule has 0 unspecified atom stereocenters. The van der Waals surface area contributed by atoms with Gasteiger partial charge in [-0.05, 0) is 29.9 Å². The molecule has 0 aliphatic rings. The molecule has 1 heteroatoms. The Kier molecular flexibility index (Phi) is 4.68. The number of aryl methyl sites for hydroxylation is 1. The van der Waals surface area contributed by atoms with E-state index in [0.29, 0.717) is 6.54 Å². The average molecular weight is 191 g/mol. The molecule has 0 spiro atoms. The molecule has 0 fully saturated rings. The highest BCUT2D eigenvalue weighted by Crippen LogP contribution is 2.13. The van der Waals surface area contributed by atoms with E-state index in [1.807, 2.05) is 0 Å². The number of hydrogen-bond donors (Lipinski definition) is 1. The second-order valence-corrected chi connectivity index (χ2v) is 4.26. The SMILES string of the molecule is CC(C)CCCc1ccccc1CN. The Morgan fingerprint density at radius 2 is 1.79 bits per heavy atom. The van der Waals surface area contributed by atoms with E-state index in [1.54, 1.807) is 0 Å². The van der Waals surface area contributed by atoms with Crippen molar-refractivity contribution in [1.82, 2.24) is 0 Å². The van der Waals surface area contributed by atoms with Crippen LogP contribution in [0.15, 0.2) is 24.3 Å². The van der Waals surface area contributed by atoms with Crippen molar-refractivity contribution >= 4 is 0 Å². The Hall–Kier alpha value is -0.820. The van der Waals surface area contributed by atoms with Gasteiger partial charge in [0, 0.05) is 6.54 Å². The lowest BCUT2D eigenvalue weighted by Gasteiger charge is -2.08. The van der Waals surface area contributed by atoms with E-state index < -0.39 is 0 Å². The molecule has 0 bridgehead atoms. The van der Waals surface area contributed by atoms with Crippen LogP contribution in [0, 0.1) is 5.92 Å². The van der Waals surface area contributed by atoms with Gasteiger partial charge in [-0.15, -0.1) is 0 Å². The third-order valence-corrected chi connectivity index (χ3v) is 2.57. The van der Waals surface area contributed by atoms with Gasteiger partial charge >= 0.3 is 0 Å². The van der Waals surface area contributed by atoms with Crippen LogP contribution in [0.2, 0.25) is 0 Å². The zero-order valence-electron chi connectivity index (χ0n) is 9.29. The summed E-state index contributed by atoms with van der Waals surface area (Å²) in [5, 5.41) is 0. The molecule has 1 aromatic carbocycles. The maximum Gasteiger partial charge on any atom is 0.0180 e. The maximum absolute atomic E-state index is 5.68. The van der Waals surface area contributed by atoms with Crippen molar-refractivity contribution in [2.45, 2.75) is 39.7 Å². The minimum absolute atomic E-state index is 0.665. The quantitative estimate of drug-likeness (QED) is 0.760. The van der Waals surface area contributed by atoms with Crippen molar-refractivity contribution in [3.05, 3.63) is 35.4 Å². The number of nitrogens with two attached hydrogens (primary N) is 1. The number of hydrogen-bond acceptors (Lipinski definition) is 1. The van der Waals surface area contributed by atoms with Gasteiger partial charge in [0.2, 0.25) is 0 Å². The summed E-state index contributed by atoms with van der Waals surface area (Å²) in [6.07, 6.45) is 3.75. The molecule has 0 heterocycles. The van der Waals surface area contributed by atoms with Crippen LogP contribution in [-0.4, -0.2) is 0 Å². The third kappa shape index (κ3) is 3.51. The fourth-order valence-corrected chi connectivity index (χ4v) is 1.70. The standard InChI is InChI=1S/C13H21N/c1-11(2)6-5-9-12-7-3-4-8-13(12)10-14/h3-4,7-8,11H,5-6,9-10,14H2,1-2H3. The van der Waals surface area contributed by atoms with Crippen molar-refractivity contribution in [2.75, 3.05) is 0 Å². The second kappa shape index (κ2) is 5.82. The fraction of sp³-hybridized carbons (Fsp3) is 0.538. The van der Waals surface area contributed by atoms with Crippen LogP contribution in [0.5, 0.6) is 0 Å². The first-order valence-corrected chi connectivity index (χ1v) is 5.51. The zero-order chi connectivity index (χ0) is 10.4. The average Bonchev–Trinajstić information content (AvgIpc) is 2.18. The lowest BCUT2D eigenvalue weighted by atomic mass is 9.99. The molecule has 0 aliphatic heterocycles. The molecule has 0 saturated carbocycles. The van der Waals surface area contributed by atoms with Crippen LogP contribution in [0.25, 0.3) is 0 Å². The molecular weight excluding hydrogens is 170 g/mol. The Morgan fingerprint density at radius 3 is 2.36 bits per heavy atom.